The van der Waals surface area contributed by atoms with Crippen molar-refractivity contribution in [3.63, 3.8) is 0 Å². The van der Waals surface area contributed by atoms with Gasteiger partial charge in [0.05, 0.1) is 12.1 Å². The molecule has 0 spiro atoms. The summed E-state index contributed by atoms with van der Waals surface area (Å²) in [6, 6.07) is -0.298. The zero-order chi connectivity index (χ0) is 22.2. The van der Waals surface area contributed by atoms with Crippen molar-refractivity contribution in [3.05, 3.63) is 0 Å². The first-order chi connectivity index (χ1) is 13.3. The third-order valence-electron chi connectivity index (χ3n) is 4.99. The van der Waals surface area contributed by atoms with Crippen molar-refractivity contribution in [1.29, 1.82) is 0 Å². The van der Waals surface area contributed by atoms with Gasteiger partial charge < -0.3 is 20.5 Å². The molecule has 3 N–H and O–H groups in total. The highest BCUT2D eigenvalue weighted by molar-refractivity contribution is 5.82. The summed E-state index contributed by atoms with van der Waals surface area (Å²) in [7, 11) is 1.87. The molecule has 7 nitrogen and oxygen atoms in total. The summed E-state index contributed by atoms with van der Waals surface area (Å²) in [6.45, 7) is 11.7. The van der Waals surface area contributed by atoms with Gasteiger partial charge in [0.15, 0.2) is 0 Å². The maximum atomic E-state index is 13.0. The second-order valence-electron chi connectivity index (χ2n) is 10.5. The molecule has 0 aliphatic heterocycles. The molecular formula is C22H43N3O4. The molecule has 7 heteroatoms. The van der Waals surface area contributed by atoms with Crippen molar-refractivity contribution < 1.29 is 19.4 Å². The van der Waals surface area contributed by atoms with Crippen molar-refractivity contribution in [1.82, 2.24) is 15.5 Å². The summed E-state index contributed by atoms with van der Waals surface area (Å²) in [5.74, 6) is 0.539. The van der Waals surface area contributed by atoms with Crippen LogP contribution in [0.1, 0.15) is 80.1 Å². The number of aliphatic hydroxyl groups excluding tert-OH is 1. The Hall–Kier alpha value is -1.34. The normalized spacial score (nSPS) is 18.2. The minimum atomic E-state index is -0.788. The zero-order valence-electron chi connectivity index (χ0n) is 19.5. The molecule has 0 bridgehead atoms. The smallest absolute Gasteiger partial charge is 0.407 e. The van der Waals surface area contributed by atoms with E-state index in [9.17, 15) is 14.7 Å². The van der Waals surface area contributed by atoms with E-state index in [-0.39, 0.29) is 24.0 Å². The van der Waals surface area contributed by atoms with Gasteiger partial charge in [-0.05, 0) is 60.9 Å². The van der Waals surface area contributed by atoms with E-state index in [0.29, 0.717) is 12.5 Å². The Kier molecular flexibility index (Phi) is 9.89. The standard InChI is InChI=1S/C22H43N3O4/c1-21(2,3)24-19(27)18(13-16-11-9-8-10-12-16)25(7)15-17(26)14-23-20(28)29-22(4,5)6/h16-18,26H,8-15H2,1-7H3,(H,23,28)(H,24,27)/t17?,18-/m0/s1. The van der Waals surface area contributed by atoms with Crippen molar-refractivity contribution in [3.8, 4) is 0 Å². The molecule has 1 rings (SSSR count). The lowest BCUT2D eigenvalue weighted by Crippen LogP contribution is -2.53. The van der Waals surface area contributed by atoms with Gasteiger partial charge in [-0.1, -0.05) is 32.1 Å². The number of carbonyl (C=O) groups is 2. The van der Waals surface area contributed by atoms with Gasteiger partial charge in [0.25, 0.3) is 0 Å². The summed E-state index contributed by atoms with van der Waals surface area (Å²) in [5, 5.41) is 16.1. The van der Waals surface area contributed by atoms with Gasteiger partial charge in [0.2, 0.25) is 5.91 Å². The van der Waals surface area contributed by atoms with Crippen molar-refractivity contribution in [2.24, 2.45) is 5.92 Å². The fourth-order valence-electron chi connectivity index (χ4n) is 3.72. The van der Waals surface area contributed by atoms with Crippen molar-refractivity contribution in [2.45, 2.75) is 103 Å². The highest BCUT2D eigenvalue weighted by Crippen LogP contribution is 2.28. The SMILES string of the molecule is CN(CC(O)CNC(=O)OC(C)(C)C)[C@@H](CC1CCCCC1)C(=O)NC(C)(C)C. The van der Waals surface area contributed by atoms with Crippen LogP contribution in [0, 0.1) is 5.92 Å². The molecule has 1 saturated carbocycles. The molecular weight excluding hydrogens is 370 g/mol. The van der Waals surface area contributed by atoms with Gasteiger partial charge in [-0.25, -0.2) is 4.79 Å². The maximum Gasteiger partial charge on any atom is 0.407 e. The summed E-state index contributed by atoms with van der Waals surface area (Å²) in [5.41, 5.74) is -0.887. The number of alkyl carbamates (subject to hydrolysis) is 1. The van der Waals surface area contributed by atoms with Crippen LogP contribution in [0.15, 0.2) is 0 Å². The lowest BCUT2D eigenvalue weighted by Gasteiger charge is -2.34. The number of hydrogen-bond acceptors (Lipinski definition) is 5. The van der Waals surface area contributed by atoms with Crippen molar-refractivity contribution in [2.75, 3.05) is 20.1 Å². The average Bonchev–Trinajstić information content (AvgIpc) is 2.55. The van der Waals surface area contributed by atoms with Gasteiger partial charge in [-0.2, -0.15) is 0 Å². The fraction of sp³-hybridized carbons (Fsp3) is 0.909. The Morgan fingerprint density at radius 3 is 2.21 bits per heavy atom. The number of likely N-dealkylation sites (N-methyl/N-ethyl adjacent to an activating group) is 1. The third kappa shape index (κ3) is 11.4. The maximum absolute atomic E-state index is 13.0. The van der Waals surface area contributed by atoms with E-state index in [0.717, 1.165) is 19.3 Å². The van der Waals surface area contributed by atoms with Crippen molar-refractivity contribution >= 4 is 12.0 Å². The molecule has 2 atom stereocenters. The lowest BCUT2D eigenvalue weighted by molar-refractivity contribution is -0.128. The van der Waals surface area contributed by atoms with Gasteiger partial charge in [0.1, 0.15) is 5.60 Å². The molecule has 2 amide bonds. The molecule has 0 heterocycles. The predicted octanol–water partition coefficient (Wildman–Crippen LogP) is 3.06. The Labute approximate surface area is 176 Å². The number of aliphatic hydroxyl groups is 1. The third-order valence-corrected chi connectivity index (χ3v) is 4.99. The molecule has 1 fully saturated rings. The first-order valence-corrected chi connectivity index (χ1v) is 10.9. The summed E-state index contributed by atoms with van der Waals surface area (Å²) < 4.78 is 5.20. The van der Waals surface area contributed by atoms with Crippen LogP contribution in [-0.4, -0.2) is 65.4 Å². The molecule has 0 aromatic heterocycles. The highest BCUT2D eigenvalue weighted by Gasteiger charge is 2.30. The molecule has 0 radical (unpaired) electrons. The zero-order valence-corrected chi connectivity index (χ0v) is 19.5. The number of hydrogen-bond donors (Lipinski definition) is 3. The molecule has 0 aromatic carbocycles. The minimum Gasteiger partial charge on any atom is -0.444 e. The first-order valence-electron chi connectivity index (χ1n) is 10.9. The second kappa shape index (κ2) is 11.2. The Balaban J connectivity index is 2.65. The Morgan fingerprint density at radius 1 is 1.10 bits per heavy atom. The molecule has 1 aliphatic rings. The second-order valence-corrected chi connectivity index (χ2v) is 10.5. The van der Waals surface area contributed by atoms with E-state index < -0.39 is 17.8 Å². The number of nitrogens with zero attached hydrogens (tertiary/aromatic N) is 1. The van der Waals surface area contributed by atoms with Crippen LogP contribution >= 0.6 is 0 Å². The van der Waals surface area contributed by atoms with Gasteiger partial charge in [-0.3, -0.25) is 9.69 Å². The van der Waals surface area contributed by atoms with Crippen LogP contribution < -0.4 is 10.6 Å². The Morgan fingerprint density at radius 2 is 1.69 bits per heavy atom. The lowest BCUT2D eigenvalue weighted by atomic mass is 9.84. The summed E-state index contributed by atoms with van der Waals surface area (Å²) in [6.07, 6.45) is 5.51. The predicted molar refractivity (Wildman–Crippen MR) is 116 cm³/mol. The summed E-state index contributed by atoms with van der Waals surface area (Å²) in [4.78, 5) is 26.7. The van der Waals surface area contributed by atoms with Crippen LogP contribution in [0.5, 0.6) is 0 Å². The minimum absolute atomic E-state index is 0.00197. The number of rotatable bonds is 8. The first kappa shape index (κ1) is 25.7. The molecule has 170 valence electrons. The Bertz CT molecular complexity index is 519. The largest absolute Gasteiger partial charge is 0.444 e. The number of nitrogens with one attached hydrogen (secondary N) is 2. The van der Waals surface area contributed by atoms with E-state index in [2.05, 4.69) is 10.6 Å². The molecule has 0 saturated heterocycles. The van der Waals surface area contributed by atoms with E-state index in [1.165, 1.54) is 19.3 Å². The topological polar surface area (TPSA) is 90.9 Å². The number of amides is 2. The number of carbonyl (C=O) groups excluding carboxylic acids is 2. The van der Waals surface area contributed by atoms with E-state index in [1.807, 2.05) is 32.7 Å². The molecule has 1 unspecified atom stereocenters. The van der Waals surface area contributed by atoms with E-state index >= 15 is 0 Å². The molecule has 29 heavy (non-hydrogen) atoms. The quantitative estimate of drug-likeness (QED) is 0.569. The highest BCUT2D eigenvalue weighted by atomic mass is 16.6. The van der Waals surface area contributed by atoms with Crippen LogP contribution in [0.3, 0.4) is 0 Å². The van der Waals surface area contributed by atoms with Crippen LogP contribution in [0.25, 0.3) is 0 Å². The van der Waals surface area contributed by atoms with Gasteiger partial charge >= 0.3 is 6.09 Å². The number of ether oxygens (including phenoxy) is 1. The van der Waals surface area contributed by atoms with E-state index in [1.54, 1.807) is 20.8 Å². The van der Waals surface area contributed by atoms with Crippen LogP contribution in [0.4, 0.5) is 4.79 Å². The average molecular weight is 414 g/mol. The molecule has 0 aromatic rings. The van der Waals surface area contributed by atoms with Gasteiger partial charge in [0, 0.05) is 18.6 Å². The van der Waals surface area contributed by atoms with E-state index in [4.69, 9.17) is 4.74 Å². The summed E-state index contributed by atoms with van der Waals surface area (Å²) >= 11 is 0. The van der Waals surface area contributed by atoms with Crippen LogP contribution in [0.2, 0.25) is 0 Å². The fourth-order valence-corrected chi connectivity index (χ4v) is 3.72. The van der Waals surface area contributed by atoms with Gasteiger partial charge in [-0.15, -0.1) is 0 Å². The monoisotopic (exact) mass is 413 g/mol. The molecule has 1 aliphatic carbocycles. The van der Waals surface area contributed by atoms with Crippen LogP contribution in [-0.2, 0) is 9.53 Å².